The number of nitrogens with two attached hydrogens (primary N) is 1. The van der Waals surface area contributed by atoms with Crippen LogP contribution in [0, 0.1) is 0 Å². The van der Waals surface area contributed by atoms with Crippen molar-refractivity contribution in [2.75, 3.05) is 5.73 Å². The van der Waals surface area contributed by atoms with Gasteiger partial charge in [-0.15, -0.1) is 0 Å². The van der Waals surface area contributed by atoms with Crippen LogP contribution in [0.15, 0.2) is 36.7 Å². The van der Waals surface area contributed by atoms with Gasteiger partial charge < -0.3 is 5.73 Å². The van der Waals surface area contributed by atoms with Gasteiger partial charge in [0, 0.05) is 6.20 Å². The number of nitrogens with zero attached hydrogens (tertiary/aromatic N) is 2. The quantitative estimate of drug-likeness (QED) is 0.774. The number of aromatic nitrogens is 2. The summed E-state index contributed by atoms with van der Waals surface area (Å²) in [6, 6.07) is 0. The fraction of sp³-hybridized carbons (Fsp3) is 0.364. The van der Waals surface area contributed by atoms with Gasteiger partial charge in [0.25, 0.3) is 0 Å². The zero-order valence-corrected chi connectivity index (χ0v) is 8.35. The van der Waals surface area contributed by atoms with Crippen molar-refractivity contribution in [1.82, 2.24) is 9.78 Å². The molecular formula is C11H15N3. The Balaban J connectivity index is 2.38. The third kappa shape index (κ3) is 1.35. The standard InChI is InChI=1S/C11H15N3/c1-2-11(6-4-3-5-7-11)14-9-10(12)8-13-14/h3-6,8-9H,2,7,12H2,1H3. The third-order valence-corrected chi connectivity index (χ3v) is 2.80. The molecule has 1 heterocycles. The fourth-order valence-electron chi connectivity index (χ4n) is 1.83. The first-order valence-corrected chi connectivity index (χ1v) is 4.92. The van der Waals surface area contributed by atoms with E-state index in [-0.39, 0.29) is 5.54 Å². The van der Waals surface area contributed by atoms with Crippen LogP contribution < -0.4 is 5.73 Å². The van der Waals surface area contributed by atoms with Crippen LogP contribution in [0.3, 0.4) is 0 Å². The lowest BCUT2D eigenvalue weighted by atomic mass is 9.89. The molecule has 0 spiro atoms. The predicted octanol–water partition coefficient (Wildman–Crippen LogP) is 2.09. The van der Waals surface area contributed by atoms with Crippen LogP contribution in [0.4, 0.5) is 5.69 Å². The molecule has 74 valence electrons. The monoisotopic (exact) mass is 189 g/mol. The van der Waals surface area contributed by atoms with Crippen molar-refractivity contribution in [2.24, 2.45) is 0 Å². The SMILES string of the molecule is CCC1(n2cc(N)cn2)C=CC=CC1. The van der Waals surface area contributed by atoms with Crippen molar-refractivity contribution in [3.8, 4) is 0 Å². The molecule has 0 aromatic carbocycles. The van der Waals surface area contributed by atoms with Crippen LogP contribution >= 0.6 is 0 Å². The molecule has 2 N–H and O–H groups in total. The summed E-state index contributed by atoms with van der Waals surface area (Å²) in [7, 11) is 0. The van der Waals surface area contributed by atoms with Crippen LogP contribution in [-0.2, 0) is 5.54 Å². The molecule has 2 rings (SSSR count). The molecule has 1 aromatic heterocycles. The summed E-state index contributed by atoms with van der Waals surface area (Å²) in [5.74, 6) is 0. The highest BCUT2D eigenvalue weighted by molar-refractivity contribution is 5.32. The first kappa shape index (κ1) is 9.06. The minimum absolute atomic E-state index is 0.00757. The van der Waals surface area contributed by atoms with E-state index in [1.165, 1.54) is 0 Å². The molecule has 1 aromatic rings. The second-order valence-electron chi connectivity index (χ2n) is 3.67. The van der Waals surface area contributed by atoms with Crippen LogP contribution in [-0.4, -0.2) is 9.78 Å². The van der Waals surface area contributed by atoms with Gasteiger partial charge in [0.1, 0.15) is 0 Å². The molecule has 0 fully saturated rings. The van der Waals surface area contributed by atoms with E-state index in [0.717, 1.165) is 18.5 Å². The summed E-state index contributed by atoms with van der Waals surface area (Å²) >= 11 is 0. The van der Waals surface area contributed by atoms with E-state index in [0.29, 0.717) is 0 Å². The molecule has 1 atom stereocenters. The topological polar surface area (TPSA) is 43.8 Å². The van der Waals surface area contributed by atoms with Crippen molar-refractivity contribution in [1.29, 1.82) is 0 Å². The molecule has 0 aliphatic heterocycles. The Hall–Kier alpha value is -1.51. The van der Waals surface area contributed by atoms with Gasteiger partial charge in [-0.1, -0.05) is 31.2 Å². The van der Waals surface area contributed by atoms with Crippen LogP contribution in [0.5, 0.6) is 0 Å². The van der Waals surface area contributed by atoms with Gasteiger partial charge in [-0.3, -0.25) is 4.68 Å². The second-order valence-corrected chi connectivity index (χ2v) is 3.67. The molecule has 0 saturated carbocycles. The van der Waals surface area contributed by atoms with E-state index >= 15 is 0 Å². The lowest BCUT2D eigenvalue weighted by Crippen LogP contribution is -2.31. The second kappa shape index (κ2) is 3.33. The summed E-state index contributed by atoms with van der Waals surface area (Å²) in [5, 5.41) is 4.29. The van der Waals surface area contributed by atoms with Crippen LogP contribution in [0.1, 0.15) is 19.8 Å². The minimum atomic E-state index is -0.00757. The molecule has 0 saturated heterocycles. The first-order valence-electron chi connectivity index (χ1n) is 4.92. The number of anilines is 1. The Morgan fingerprint density at radius 3 is 2.93 bits per heavy atom. The highest BCUT2D eigenvalue weighted by Gasteiger charge is 2.27. The van der Waals surface area contributed by atoms with Gasteiger partial charge in [-0.2, -0.15) is 5.10 Å². The van der Waals surface area contributed by atoms with Gasteiger partial charge in [0.2, 0.25) is 0 Å². The Morgan fingerprint density at radius 1 is 1.57 bits per heavy atom. The Morgan fingerprint density at radius 2 is 2.43 bits per heavy atom. The van der Waals surface area contributed by atoms with Gasteiger partial charge in [-0.25, -0.2) is 0 Å². The smallest absolute Gasteiger partial charge is 0.0842 e. The molecule has 1 aliphatic carbocycles. The maximum atomic E-state index is 5.67. The lowest BCUT2D eigenvalue weighted by molar-refractivity contribution is 0.322. The van der Waals surface area contributed by atoms with E-state index in [2.05, 4.69) is 36.3 Å². The normalized spacial score (nSPS) is 25.5. The van der Waals surface area contributed by atoms with Gasteiger partial charge in [-0.05, 0) is 12.8 Å². The van der Waals surface area contributed by atoms with Crippen molar-refractivity contribution in [3.63, 3.8) is 0 Å². The Bertz CT molecular complexity index is 376. The van der Waals surface area contributed by atoms with Crippen molar-refractivity contribution in [3.05, 3.63) is 36.7 Å². The van der Waals surface area contributed by atoms with E-state index in [9.17, 15) is 0 Å². The molecule has 0 bridgehead atoms. The van der Waals surface area contributed by atoms with Crippen molar-refractivity contribution >= 4 is 5.69 Å². The van der Waals surface area contributed by atoms with Gasteiger partial charge in [0.15, 0.2) is 0 Å². The highest BCUT2D eigenvalue weighted by Crippen LogP contribution is 2.29. The summed E-state index contributed by atoms with van der Waals surface area (Å²) in [6.45, 7) is 2.17. The average molecular weight is 189 g/mol. The maximum Gasteiger partial charge on any atom is 0.0842 e. The number of hydrogen-bond acceptors (Lipinski definition) is 2. The predicted molar refractivity (Wildman–Crippen MR) is 57.8 cm³/mol. The summed E-state index contributed by atoms with van der Waals surface area (Å²) in [4.78, 5) is 0. The van der Waals surface area contributed by atoms with E-state index in [1.807, 2.05) is 10.9 Å². The molecule has 0 amide bonds. The fourth-order valence-corrected chi connectivity index (χ4v) is 1.83. The molecular weight excluding hydrogens is 174 g/mol. The Labute approximate surface area is 83.9 Å². The number of nitrogen functional groups attached to an aromatic ring is 1. The molecule has 0 radical (unpaired) electrons. The minimum Gasteiger partial charge on any atom is -0.396 e. The van der Waals surface area contributed by atoms with E-state index < -0.39 is 0 Å². The van der Waals surface area contributed by atoms with Crippen LogP contribution in [0.2, 0.25) is 0 Å². The van der Waals surface area contributed by atoms with Crippen molar-refractivity contribution < 1.29 is 0 Å². The zero-order valence-electron chi connectivity index (χ0n) is 8.35. The van der Waals surface area contributed by atoms with Gasteiger partial charge in [0.05, 0.1) is 17.4 Å². The zero-order chi connectivity index (χ0) is 10.0. The summed E-state index contributed by atoms with van der Waals surface area (Å²) < 4.78 is 1.96. The maximum absolute atomic E-state index is 5.67. The average Bonchev–Trinajstić information content (AvgIpc) is 2.66. The lowest BCUT2D eigenvalue weighted by Gasteiger charge is -2.30. The van der Waals surface area contributed by atoms with E-state index in [4.69, 9.17) is 5.73 Å². The third-order valence-electron chi connectivity index (χ3n) is 2.80. The van der Waals surface area contributed by atoms with E-state index in [1.54, 1.807) is 6.20 Å². The number of allylic oxidation sites excluding steroid dienone is 4. The molecule has 1 unspecified atom stereocenters. The molecule has 3 heteroatoms. The van der Waals surface area contributed by atoms with Gasteiger partial charge >= 0.3 is 0 Å². The summed E-state index contributed by atoms with van der Waals surface area (Å²) in [5.41, 5.74) is 6.39. The molecule has 3 nitrogen and oxygen atoms in total. The first-order chi connectivity index (χ1) is 6.77. The van der Waals surface area contributed by atoms with Crippen LogP contribution in [0.25, 0.3) is 0 Å². The number of rotatable bonds is 2. The van der Waals surface area contributed by atoms with Crippen molar-refractivity contribution in [2.45, 2.75) is 25.3 Å². The highest BCUT2D eigenvalue weighted by atomic mass is 15.3. The molecule has 14 heavy (non-hydrogen) atoms. The number of hydrogen-bond donors (Lipinski definition) is 1. The summed E-state index contributed by atoms with van der Waals surface area (Å²) in [6.07, 6.45) is 14.1. The molecule has 1 aliphatic rings. The largest absolute Gasteiger partial charge is 0.396 e. The Kier molecular flexibility index (Phi) is 2.15.